The Kier molecular flexibility index (Phi) is 6.85. The zero-order valence-electron chi connectivity index (χ0n) is 11.4. The Labute approximate surface area is 110 Å². The number of rotatable bonds is 7. The van der Waals surface area contributed by atoms with Crippen molar-refractivity contribution < 1.29 is 4.79 Å². The van der Waals surface area contributed by atoms with Gasteiger partial charge in [-0.05, 0) is 31.2 Å². The molecule has 1 aromatic rings. The number of hydrogen-bond donors (Lipinski definition) is 0. The Balaban J connectivity index is 2.05. The minimum absolute atomic E-state index is 0.115. The van der Waals surface area contributed by atoms with E-state index in [1.807, 2.05) is 7.05 Å². The van der Waals surface area contributed by atoms with Gasteiger partial charge in [0, 0.05) is 20.5 Å². The number of amides is 1. The first kappa shape index (κ1) is 14.5. The van der Waals surface area contributed by atoms with Crippen LogP contribution in [0.1, 0.15) is 31.7 Å². The van der Waals surface area contributed by atoms with Crippen LogP contribution in [-0.4, -0.2) is 24.4 Å². The maximum Gasteiger partial charge on any atom is 0.219 e. The molecule has 18 heavy (non-hydrogen) atoms. The summed E-state index contributed by atoms with van der Waals surface area (Å²) in [5.74, 6) is 0.115. The smallest absolute Gasteiger partial charge is 0.219 e. The first-order valence-corrected chi connectivity index (χ1v) is 6.61. The van der Waals surface area contributed by atoms with Gasteiger partial charge in [0.25, 0.3) is 0 Å². The molecule has 0 aromatic heterocycles. The second kappa shape index (κ2) is 8.51. The molecule has 0 aliphatic carbocycles. The summed E-state index contributed by atoms with van der Waals surface area (Å²) in [6.07, 6.45) is 8.92. The van der Waals surface area contributed by atoms with Gasteiger partial charge in [-0.15, -0.1) is 0 Å². The Morgan fingerprint density at radius 2 is 1.89 bits per heavy atom. The Morgan fingerprint density at radius 1 is 1.17 bits per heavy atom. The van der Waals surface area contributed by atoms with Gasteiger partial charge in [0.05, 0.1) is 0 Å². The van der Waals surface area contributed by atoms with E-state index in [9.17, 15) is 4.79 Å². The third-order valence-electron chi connectivity index (χ3n) is 3.01. The van der Waals surface area contributed by atoms with E-state index in [1.165, 1.54) is 18.4 Å². The quantitative estimate of drug-likeness (QED) is 0.532. The van der Waals surface area contributed by atoms with Gasteiger partial charge in [0.15, 0.2) is 0 Å². The van der Waals surface area contributed by atoms with E-state index in [1.54, 1.807) is 11.8 Å². The number of aryl methyl sites for hydroxylation is 1. The van der Waals surface area contributed by atoms with Crippen molar-refractivity contribution in [2.24, 2.45) is 0 Å². The van der Waals surface area contributed by atoms with Crippen molar-refractivity contribution in [3.63, 3.8) is 0 Å². The van der Waals surface area contributed by atoms with Gasteiger partial charge in [-0.1, -0.05) is 42.5 Å². The number of nitrogens with zero attached hydrogens (tertiary/aromatic N) is 1. The molecule has 0 aliphatic rings. The Hall–Kier alpha value is -1.57. The molecule has 0 saturated heterocycles. The predicted molar refractivity (Wildman–Crippen MR) is 76.4 cm³/mol. The third-order valence-corrected chi connectivity index (χ3v) is 3.01. The first-order chi connectivity index (χ1) is 8.70. The normalized spacial score (nSPS) is 10.8. The summed E-state index contributed by atoms with van der Waals surface area (Å²) in [6, 6.07) is 10.6. The fourth-order valence-corrected chi connectivity index (χ4v) is 1.72. The summed E-state index contributed by atoms with van der Waals surface area (Å²) < 4.78 is 0. The highest BCUT2D eigenvalue weighted by atomic mass is 16.2. The van der Waals surface area contributed by atoms with Crippen LogP contribution in [0.4, 0.5) is 0 Å². The lowest BCUT2D eigenvalue weighted by Gasteiger charge is -2.10. The molecule has 0 aliphatic heterocycles. The molecule has 0 radical (unpaired) electrons. The van der Waals surface area contributed by atoms with Crippen LogP contribution in [0.3, 0.4) is 0 Å². The number of allylic oxidation sites excluding steroid dienone is 1. The van der Waals surface area contributed by atoms with Crippen molar-refractivity contribution in [2.45, 2.75) is 32.6 Å². The molecule has 98 valence electrons. The molecule has 0 N–H and O–H groups in total. The van der Waals surface area contributed by atoms with Crippen molar-refractivity contribution in [1.29, 1.82) is 0 Å². The van der Waals surface area contributed by atoms with Crippen molar-refractivity contribution >= 4 is 5.91 Å². The lowest BCUT2D eigenvalue weighted by Crippen LogP contribution is -2.23. The number of carbonyl (C=O) groups is 1. The molecule has 0 fully saturated rings. The van der Waals surface area contributed by atoms with E-state index in [-0.39, 0.29) is 5.91 Å². The van der Waals surface area contributed by atoms with E-state index in [4.69, 9.17) is 0 Å². The molecule has 1 aromatic carbocycles. The fourth-order valence-electron chi connectivity index (χ4n) is 1.72. The number of hydrogen-bond acceptors (Lipinski definition) is 1. The summed E-state index contributed by atoms with van der Waals surface area (Å²) in [6.45, 7) is 2.31. The molecule has 0 saturated carbocycles. The average Bonchev–Trinajstić information content (AvgIpc) is 2.38. The van der Waals surface area contributed by atoms with Crippen LogP contribution in [0.25, 0.3) is 0 Å². The second-order valence-corrected chi connectivity index (χ2v) is 4.60. The maximum absolute atomic E-state index is 11.0. The van der Waals surface area contributed by atoms with Crippen molar-refractivity contribution in [3.05, 3.63) is 48.0 Å². The first-order valence-electron chi connectivity index (χ1n) is 6.61. The number of benzene rings is 1. The zero-order valence-corrected chi connectivity index (χ0v) is 11.4. The molecule has 2 nitrogen and oxygen atoms in total. The standard InChI is InChI=1S/C16H23NO/c1-15(18)17(2)14-10-5-3-4-7-11-16-12-8-6-9-13-16/h5-6,8-10,12-13H,3-4,7,11,14H2,1-2H3/b10-5+. The molecule has 1 amide bonds. The summed E-state index contributed by atoms with van der Waals surface area (Å²) in [5, 5.41) is 0. The van der Waals surface area contributed by atoms with Crippen LogP contribution in [0, 0.1) is 0 Å². The lowest BCUT2D eigenvalue weighted by molar-refractivity contribution is -0.127. The molecular weight excluding hydrogens is 222 g/mol. The van der Waals surface area contributed by atoms with Gasteiger partial charge in [-0.2, -0.15) is 0 Å². The molecular formula is C16H23NO. The molecule has 2 heteroatoms. The van der Waals surface area contributed by atoms with Crippen molar-refractivity contribution in [3.8, 4) is 0 Å². The van der Waals surface area contributed by atoms with Crippen LogP contribution in [0.5, 0.6) is 0 Å². The van der Waals surface area contributed by atoms with Crippen LogP contribution in [0.15, 0.2) is 42.5 Å². The average molecular weight is 245 g/mol. The van der Waals surface area contributed by atoms with Crippen LogP contribution < -0.4 is 0 Å². The summed E-state index contributed by atoms with van der Waals surface area (Å²) in [4.78, 5) is 12.7. The highest BCUT2D eigenvalue weighted by molar-refractivity contribution is 5.72. The molecule has 0 heterocycles. The fraction of sp³-hybridized carbons (Fsp3) is 0.438. The monoisotopic (exact) mass is 245 g/mol. The highest BCUT2D eigenvalue weighted by Crippen LogP contribution is 2.06. The minimum atomic E-state index is 0.115. The Bertz CT molecular complexity index is 370. The van der Waals surface area contributed by atoms with Crippen LogP contribution in [-0.2, 0) is 11.2 Å². The van der Waals surface area contributed by atoms with Gasteiger partial charge in [-0.3, -0.25) is 4.79 Å². The largest absolute Gasteiger partial charge is 0.342 e. The summed E-state index contributed by atoms with van der Waals surface area (Å²) in [7, 11) is 1.82. The summed E-state index contributed by atoms with van der Waals surface area (Å²) in [5.41, 5.74) is 1.41. The molecule has 1 rings (SSSR count). The van der Waals surface area contributed by atoms with E-state index in [0.717, 1.165) is 12.8 Å². The molecule has 0 bridgehead atoms. The minimum Gasteiger partial charge on any atom is -0.342 e. The number of unbranched alkanes of at least 4 members (excludes halogenated alkanes) is 2. The second-order valence-electron chi connectivity index (χ2n) is 4.60. The topological polar surface area (TPSA) is 20.3 Å². The molecule has 0 spiro atoms. The predicted octanol–water partition coefficient (Wildman–Crippen LogP) is 3.43. The van der Waals surface area contributed by atoms with E-state index >= 15 is 0 Å². The number of carbonyl (C=O) groups excluding carboxylic acids is 1. The van der Waals surface area contributed by atoms with Crippen LogP contribution in [0.2, 0.25) is 0 Å². The zero-order chi connectivity index (χ0) is 13.2. The number of likely N-dealkylation sites (N-methyl/N-ethyl adjacent to an activating group) is 1. The molecule has 0 unspecified atom stereocenters. The van der Waals surface area contributed by atoms with E-state index in [0.29, 0.717) is 6.54 Å². The van der Waals surface area contributed by atoms with Gasteiger partial charge in [-0.25, -0.2) is 0 Å². The maximum atomic E-state index is 11.0. The van der Waals surface area contributed by atoms with Crippen molar-refractivity contribution in [2.75, 3.05) is 13.6 Å². The molecule has 0 atom stereocenters. The van der Waals surface area contributed by atoms with Crippen molar-refractivity contribution in [1.82, 2.24) is 4.90 Å². The van der Waals surface area contributed by atoms with Crippen LogP contribution >= 0.6 is 0 Å². The van der Waals surface area contributed by atoms with E-state index in [2.05, 4.69) is 42.5 Å². The third kappa shape index (κ3) is 6.24. The van der Waals surface area contributed by atoms with Gasteiger partial charge in [0.1, 0.15) is 0 Å². The van der Waals surface area contributed by atoms with Gasteiger partial charge >= 0.3 is 0 Å². The highest BCUT2D eigenvalue weighted by Gasteiger charge is 1.96. The van der Waals surface area contributed by atoms with E-state index < -0.39 is 0 Å². The summed E-state index contributed by atoms with van der Waals surface area (Å²) >= 11 is 0. The SMILES string of the molecule is CC(=O)N(C)C/C=C/CCCCc1ccccc1. The lowest BCUT2D eigenvalue weighted by atomic mass is 10.1. The van der Waals surface area contributed by atoms with Gasteiger partial charge < -0.3 is 4.90 Å². The van der Waals surface area contributed by atoms with Gasteiger partial charge in [0.2, 0.25) is 5.91 Å². The Morgan fingerprint density at radius 3 is 2.56 bits per heavy atom.